The Morgan fingerprint density at radius 1 is 1.30 bits per heavy atom. The summed E-state index contributed by atoms with van der Waals surface area (Å²) >= 11 is 0. The van der Waals surface area contributed by atoms with E-state index in [1.165, 1.54) is 19.2 Å². The number of benzene rings is 1. The van der Waals surface area contributed by atoms with Gasteiger partial charge in [0.1, 0.15) is 5.75 Å². The standard InChI is InChI=1S/C15H21NO6S/c1-9-6-11(7-10(2)14(9)22-3)23(20,21)16-5-4-13(17)12(8-16)15(18)19/h6-7,12-13,17H,4-5,8H2,1-3H3,(H,18,19)/t12-,13+/m0/s1. The summed E-state index contributed by atoms with van der Waals surface area (Å²) < 4.78 is 31.9. The summed E-state index contributed by atoms with van der Waals surface area (Å²) in [7, 11) is -2.30. The van der Waals surface area contributed by atoms with Crippen LogP contribution in [0.15, 0.2) is 17.0 Å². The molecule has 0 amide bonds. The molecule has 1 aliphatic heterocycles. The zero-order valence-corrected chi connectivity index (χ0v) is 14.1. The maximum absolute atomic E-state index is 12.8. The molecule has 1 heterocycles. The van der Waals surface area contributed by atoms with Gasteiger partial charge in [0.2, 0.25) is 10.0 Å². The number of sulfonamides is 1. The van der Waals surface area contributed by atoms with E-state index in [4.69, 9.17) is 9.84 Å². The van der Waals surface area contributed by atoms with Crippen LogP contribution in [-0.4, -0.2) is 55.2 Å². The van der Waals surface area contributed by atoms with Crippen molar-refractivity contribution in [1.82, 2.24) is 4.31 Å². The zero-order valence-electron chi connectivity index (χ0n) is 13.3. The van der Waals surface area contributed by atoms with Gasteiger partial charge in [-0.15, -0.1) is 0 Å². The Kier molecular flexibility index (Phi) is 4.98. The molecular weight excluding hydrogens is 322 g/mol. The minimum atomic E-state index is -3.82. The molecule has 1 fully saturated rings. The number of carbonyl (C=O) groups is 1. The van der Waals surface area contributed by atoms with Gasteiger partial charge in [0.05, 0.1) is 24.0 Å². The first-order valence-corrected chi connectivity index (χ1v) is 8.68. The van der Waals surface area contributed by atoms with Crippen molar-refractivity contribution in [3.63, 3.8) is 0 Å². The number of aliphatic hydroxyl groups is 1. The Morgan fingerprint density at radius 3 is 2.35 bits per heavy atom. The van der Waals surface area contributed by atoms with Gasteiger partial charge in [0.15, 0.2) is 0 Å². The van der Waals surface area contributed by atoms with Crippen LogP contribution < -0.4 is 4.74 Å². The largest absolute Gasteiger partial charge is 0.496 e. The lowest BCUT2D eigenvalue weighted by Gasteiger charge is -2.33. The van der Waals surface area contributed by atoms with Crippen molar-refractivity contribution >= 4 is 16.0 Å². The molecule has 1 aromatic rings. The summed E-state index contributed by atoms with van der Waals surface area (Å²) in [5.74, 6) is -1.68. The van der Waals surface area contributed by atoms with Crippen molar-refractivity contribution in [2.24, 2.45) is 5.92 Å². The second-order valence-electron chi connectivity index (χ2n) is 5.75. The van der Waals surface area contributed by atoms with Crippen LogP contribution in [0.3, 0.4) is 0 Å². The molecule has 0 saturated carbocycles. The summed E-state index contributed by atoms with van der Waals surface area (Å²) in [5, 5.41) is 18.9. The predicted molar refractivity (Wildman–Crippen MR) is 83.0 cm³/mol. The molecular formula is C15H21NO6S. The number of aryl methyl sites for hydroxylation is 2. The van der Waals surface area contributed by atoms with Gasteiger partial charge in [-0.05, 0) is 43.5 Å². The van der Waals surface area contributed by atoms with Gasteiger partial charge >= 0.3 is 5.97 Å². The van der Waals surface area contributed by atoms with Crippen LogP contribution in [-0.2, 0) is 14.8 Å². The number of piperidine rings is 1. The SMILES string of the molecule is COc1c(C)cc(S(=O)(=O)N2CC[C@@H](O)[C@@H](C(=O)O)C2)cc1C. The van der Waals surface area contributed by atoms with Crippen molar-refractivity contribution in [2.45, 2.75) is 31.3 Å². The summed E-state index contributed by atoms with van der Waals surface area (Å²) in [4.78, 5) is 11.3. The minimum absolute atomic E-state index is 0.0946. The van der Waals surface area contributed by atoms with E-state index in [9.17, 15) is 18.3 Å². The highest BCUT2D eigenvalue weighted by Gasteiger charge is 2.38. The van der Waals surface area contributed by atoms with Gasteiger partial charge in [-0.2, -0.15) is 4.31 Å². The third-order valence-electron chi connectivity index (χ3n) is 4.13. The fraction of sp³-hybridized carbons (Fsp3) is 0.533. The van der Waals surface area contributed by atoms with E-state index < -0.39 is 28.0 Å². The maximum atomic E-state index is 12.8. The number of hydrogen-bond acceptors (Lipinski definition) is 5. The molecule has 0 radical (unpaired) electrons. The van der Waals surface area contributed by atoms with Crippen molar-refractivity contribution < 1.29 is 28.2 Å². The quantitative estimate of drug-likeness (QED) is 0.837. The fourth-order valence-corrected chi connectivity index (χ4v) is 4.55. The van der Waals surface area contributed by atoms with E-state index in [0.29, 0.717) is 16.9 Å². The first kappa shape index (κ1) is 17.7. The summed E-state index contributed by atoms with van der Waals surface area (Å²) in [6.45, 7) is 3.37. The Hall–Kier alpha value is -1.64. The Morgan fingerprint density at radius 2 is 1.87 bits per heavy atom. The molecule has 2 rings (SSSR count). The normalized spacial score (nSPS) is 22.8. The zero-order chi connectivity index (χ0) is 17.4. The van der Waals surface area contributed by atoms with Crippen molar-refractivity contribution in [3.05, 3.63) is 23.3 Å². The molecule has 0 unspecified atom stereocenters. The van der Waals surface area contributed by atoms with Crippen LogP contribution in [0.1, 0.15) is 17.5 Å². The van der Waals surface area contributed by atoms with Crippen LogP contribution in [0, 0.1) is 19.8 Å². The molecule has 23 heavy (non-hydrogen) atoms. The monoisotopic (exact) mass is 343 g/mol. The van der Waals surface area contributed by atoms with E-state index >= 15 is 0 Å². The molecule has 0 aromatic heterocycles. The number of rotatable bonds is 4. The average molecular weight is 343 g/mol. The highest BCUT2D eigenvalue weighted by molar-refractivity contribution is 7.89. The van der Waals surface area contributed by atoms with Gasteiger partial charge in [0.25, 0.3) is 0 Å². The molecule has 8 heteroatoms. The van der Waals surface area contributed by atoms with Crippen LogP contribution in [0.25, 0.3) is 0 Å². The molecule has 128 valence electrons. The molecule has 7 nitrogen and oxygen atoms in total. The number of ether oxygens (including phenoxy) is 1. The first-order chi connectivity index (χ1) is 10.7. The Labute approximate surface area is 135 Å². The number of methoxy groups -OCH3 is 1. The summed E-state index contributed by atoms with van der Waals surface area (Å²) in [6.07, 6.45) is -0.928. The van der Waals surface area contributed by atoms with Gasteiger partial charge in [-0.25, -0.2) is 8.42 Å². The van der Waals surface area contributed by atoms with Gasteiger partial charge in [0, 0.05) is 13.1 Å². The summed E-state index contributed by atoms with van der Waals surface area (Å²) in [6, 6.07) is 3.03. The van der Waals surface area contributed by atoms with E-state index in [0.717, 1.165) is 4.31 Å². The molecule has 1 aliphatic rings. The molecule has 2 N–H and O–H groups in total. The van der Waals surface area contributed by atoms with Crippen LogP contribution in [0.5, 0.6) is 5.75 Å². The van der Waals surface area contributed by atoms with Gasteiger partial charge in [-0.1, -0.05) is 0 Å². The molecule has 1 aromatic carbocycles. The first-order valence-electron chi connectivity index (χ1n) is 7.24. The number of aliphatic carboxylic acids is 1. The maximum Gasteiger partial charge on any atom is 0.310 e. The lowest BCUT2D eigenvalue weighted by Crippen LogP contribution is -2.48. The van der Waals surface area contributed by atoms with E-state index in [2.05, 4.69) is 0 Å². The van der Waals surface area contributed by atoms with E-state index in [-0.39, 0.29) is 24.4 Å². The van der Waals surface area contributed by atoms with E-state index in [1.54, 1.807) is 13.8 Å². The predicted octanol–water partition coefficient (Wildman–Crippen LogP) is 0.768. The number of nitrogens with zero attached hydrogens (tertiary/aromatic N) is 1. The Balaban J connectivity index is 2.37. The van der Waals surface area contributed by atoms with Crippen molar-refractivity contribution in [3.8, 4) is 5.75 Å². The molecule has 2 atom stereocenters. The minimum Gasteiger partial charge on any atom is -0.496 e. The average Bonchev–Trinajstić information content (AvgIpc) is 2.46. The van der Waals surface area contributed by atoms with Crippen molar-refractivity contribution in [1.29, 1.82) is 0 Å². The van der Waals surface area contributed by atoms with Gasteiger partial charge in [-0.3, -0.25) is 4.79 Å². The van der Waals surface area contributed by atoms with E-state index in [1.807, 2.05) is 0 Å². The number of aliphatic hydroxyl groups excluding tert-OH is 1. The molecule has 0 spiro atoms. The second-order valence-corrected chi connectivity index (χ2v) is 7.69. The molecule has 1 saturated heterocycles. The lowest BCUT2D eigenvalue weighted by atomic mass is 9.96. The highest BCUT2D eigenvalue weighted by Crippen LogP contribution is 2.30. The number of carboxylic acids is 1. The fourth-order valence-electron chi connectivity index (χ4n) is 2.90. The van der Waals surface area contributed by atoms with Crippen LogP contribution >= 0.6 is 0 Å². The highest BCUT2D eigenvalue weighted by atomic mass is 32.2. The molecule has 0 aliphatic carbocycles. The third kappa shape index (κ3) is 3.34. The van der Waals surface area contributed by atoms with Crippen LogP contribution in [0.4, 0.5) is 0 Å². The molecule has 0 bridgehead atoms. The van der Waals surface area contributed by atoms with Gasteiger partial charge < -0.3 is 14.9 Å². The second kappa shape index (κ2) is 6.46. The van der Waals surface area contributed by atoms with Crippen molar-refractivity contribution in [2.75, 3.05) is 20.2 Å². The summed E-state index contributed by atoms with van der Waals surface area (Å²) in [5.41, 5.74) is 1.39. The lowest BCUT2D eigenvalue weighted by molar-refractivity contribution is -0.147. The van der Waals surface area contributed by atoms with Crippen LogP contribution in [0.2, 0.25) is 0 Å². The number of carboxylic acid groups (broad SMARTS) is 1. The number of hydrogen-bond donors (Lipinski definition) is 2. The topological polar surface area (TPSA) is 104 Å². The third-order valence-corrected chi connectivity index (χ3v) is 5.97. The smallest absolute Gasteiger partial charge is 0.310 e. The Bertz CT molecular complexity index is 692.